The molecule has 3 heteroatoms. The molecule has 1 heterocycles. The standard InChI is InChI=1S/C4H9BNS/c1-4-2-3-6(7)5-4/h4,7H,2-3H2,1H3. The first-order valence-corrected chi connectivity index (χ1v) is 2.99. The molecular weight excluding hydrogens is 105 g/mol. The molecular formula is C4H9BNS. The Bertz CT molecular complexity index is 60.7. The molecule has 0 aromatic carbocycles. The van der Waals surface area contributed by atoms with Crippen molar-refractivity contribution in [2.75, 3.05) is 6.54 Å². The Hall–Kier alpha value is 0.375. The van der Waals surface area contributed by atoms with Crippen molar-refractivity contribution < 1.29 is 0 Å². The van der Waals surface area contributed by atoms with E-state index in [9.17, 15) is 0 Å². The summed E-state index contributed by atoms with van der Waals surface area (Å²) in [5, 5.41) is 0. The summed E-state index contributed by atoms with van der Waals surface area (Å²) in [6, 6.07) is 0. The molecule has 0 aromatic heterocycles. The van der Waals surface area contributed by atoms with Gasteiger partial charge in [0.15, 0.2) is 0 Å². The second-order valence-electron chi connectivity index (χ2n) is 2.08. The van der Waals surface area contributed by atoms with E-state index in [2.05, 4.69) is 27.2 Å². The summed E-state index contributed by atoms with van der Waals surface area (Å²) in [4.78, 5) is 0. The van der Waals surface area contributed by atoms with Gasteiger partial charge in [0, 0.05) is 0 Å². The molecule has 0 aromatic rings. The van der Waals surface area contributed by atoms with Crippen LogP contribution in [0.5, 0.6) is 0 Å². The van der Waals surface area contributed by atoms with Gasteiger partial charge in [-0.1, -0.05) is 12.7 Å². The third-order valence-corrected chi connectivity index (χ3v) is 1.57. The Morgan fingerprint density at radius 2 is 2.57 bits per heavy atom. The zero-order chi connectivity index (χ0) is 5.28. The highest BCUT2D eigenvalue weighted by atomic mass is 32.1. The van der Waals surface area contributed by atoms with Gasteiger partial charge in [-0.2, -0.15) is 0 Å². The zero-order valence-corrected chi connectivity index (χ0v) is 5.36. The summed E-state index contributed by atoms with van der Waals surface area (Å²) in [7, 11) is 2.14. The fourth-order valence-electron chi connectivity index (χ4n) is 0.779. The second-order valence-corrected chi connectivity index (χ2v) is 2.59. The van der Waals surface area contributed by atoms with Crippen LogP contribution in [0, 0.1) is 0 Å². The van der Waals surface area contributed by atoms with Gasteiger partial charge in [-0.05, 0) is 13.0 Å². The van der Waals surface area contributed by atoms with Gasteiger partial charge in [0.1, 0.15) is 0 Å². The van der Waals surface area contributed by atoms with Gasteiger partial charge in [0.05, 0.1) is 0 Å². The minimum Gasteiger partial charge on any atom is -0.298 e. The molecule has 1 aliphatic rings. The Morgan fingerprint density at radius 3 is 2.71 bits per heavy atom. The number of hydrogen-bond acceptors (Lipinski definition) is 2. The van der Waals surface area contributed by atoms with Crippen LogP contribution in [-0.4, -0.2) is 18.2 Å². The van der Waals surface area contributed by atoms with Crippen LogP contribution >= 0.6 is 12.8 Å². The van der Waals surface area contributed by atoms with E-state index in [0.717, 1.165) is 12.4 Å². The third kappa shape index (κ3) is 1.39. The van der Waals surface area contributed by atoms with Crippen molar-refractivity contribution >= 4 is 20.2 Å². The monoisotopic (exact) mass is 114 g/mol. The second kappa shape index (κ2) is 2.10. The van der Waals surface area contributed by atoms with Crippen molar-refractivity contribution in [3.05, 3.63) is 0 Å². The van der Waals surface area contributed by atoms with Crippen LogP contribution in [0.4, 0.5) is 0 Å². The zero-order valence-electron chi connectivity index (χ0n) is 4.46. The minimum atomic E-state index is 0.748. The van der Waals surface area contributed by atoms with E-state index < -0.39 is 0 Å². The van der Waals surface area contributed by atoms with Crippen LogP contribution in [0.2, 0.25) is 5.82 Å². The average Bonchev–Trinajstić information content (AvgIpc) is 1.87. The predicted octanol–water partition coefficient (Wildman–Crippen LogP) is 0.964. The fraction of sp³-hybridized carbons (Fsp3) is 1.00. The van der Waals surface area contributed by atoms with E-state index in [4.69, 9.17) is 0 Å². The minimum absolute atomic E-state index is 0.748. The summed E-state index contributed by atoms with van der Waals surface area (Å²) < 4.78 is 1.95. The number of rotatable bonds is 0. The Morgan fingerprint density at radius 1 is 1.86 bits per heavy atom. The molecule has 0 aliphatic carbocycles. The van der Waals surface area contributed by atoms with Gasteiger partial charge in [-0.15, -0.1) is 12.8 Å². The lowest BCUT2D eigenvalue weighted by molar-refractivity contribution is 0.729. The molecule has 1 nitrogen and oxygen atoms in total. The van der Waals surface area contributed by atoms with Gasteiger partial charge in [-0.3, -0.25) is 4.22 Å². The van der Waals surface area contributed by atoms with E-state index in [1.54, 1.807) is 0 Å². The molecule has 0 bridgehead atoms. The van der Waals surface area contributed by atoms with Crippen molar-refractivity contribution in [3.8, 4) is 0 Å². The van der Waals surface area contributed by atoms with Crippen molar-refractivity contribution in [1.29, 1.82) is 0 Å². The van der Waals surface area contributed by atoms with E-state index in [-0.39, 0.29) is 0 Å². The molecule has 0 spiro atoms. The largest absolute Gasteiger partial charge is 0.298 e. The normalized spacial score (nSPS) is 33.1. The summed E-state index contributed by atoms with van der Waals surface area (Å²) in [6.07, 6.45) is 1.27. The Kier molecular flexibility index (Phi) is 1.65. The van der Waals surface area contributed by atoms with Crippen LogP contribution in [-0.2, 0) is 0 Å². The molecule has 1 atom stereocenters. The number of thiol groups is 1. The molecule has 1 rings (SSSR count). The molecule has 39 valence electrons. The van der Waals surface area contributed by atoms with Crippen molar-refractivity contribution in [2.45, 2.75) is 19.2 Å². The lowest BCUT2D eigenvalue weighted by Crippen LogP contribution is -2.08. The van der Waals surface area contributed by atoms with E-state index in [1.165, 1.54) is 6.42 Å². The van der Waals surface area contributed by atoms with Crippen LogP contribution < -0.4 is 0 Å². The Balaban J connectivity index is 2.26. The van der Waals surface area contributed by atoms with Gasteiger partial charge in [-0.25, -0.2) is 0 Å². The van der Waals surface area contributed by atoms with Crippen LogP contribution in [0.15, 0.2) is 0 Å². The molecule has 0 amide bonds. The molecule has 1 aliphatic heterocycles. The molecule has 1 fully saturated rings. The first-order chi connectivity index (χ1) is 3.29. The molecule has 1 unspecified atom stereocenters. The lowest BCUT2D eigenvalue weighted by atomic mass is 9.80. The Labute approximate surface area is 50.9 Å². The highest BCUT2D eigenvalue weighted by Crippen LogP contribution is 2.18. The molecule has 1 radical (unpaired) electrons. The summed E-state index contributed by atoms with van der Waals surface area (Å²) in [5.41, 5.74) is 0. The smallest absolute Gasteiger partial charge is 0.226 e. The highest BCUT2D eigenvalue weighted by molar-refractivity contribution is 7.78. The van der Waals surface area contributed by atoms with Gasteiger partial charge < -0.3 is 0 Å². The van der Waals surface area contributed by atoms with Crippen molar-refractivity contribution in [1.82, 2.24) is 4.22 Å². The van der Waals surface area contributed by atoms with Crippen LogP contribution in [0.1, 0.15) is 13.3 Å². The number of nitrogens with zero attached hydrogens (tertiary/aromatic N) is 1. The van der Waals surface area contributed by atoms with Gasteiger partial charge >= 0.3 is 0 Å². The highest BCUT2D eigenvalue weighted by Gasteiger charge is 2.16. The van der Waals surface area contributed by atoms with Crippen LogP contribution in [0.25, 0.3) is 0 Å². The molecule has 0 N–H and O–H groups in total. The first kappa shape index (κ1) is 5.51. The molecule has 0 saturated carbocycles. The van der Waals surface area contributed by atoms with Crippen molar-refractivity contribution in [2.24, 2.45) is 0 Å². The van der Waals surface area contributed by atoms with E-state index in [0.29, 0.717) is 0 Å². The number of hydrogen-bond donors (Lipinski definition) is 1. The first-order valence-electron chi connectivity index (χ1n) is 2.59. The fourth-order valence-corrected chi connectivity index (χ4v) is 1.12. The lowest BCUT2D eigenvalue weighted by Gasteiger charge is -1.99. The SMILES string of the molecule is CC1[B]N(S)CC1. The third-order valence-electron chi connectivity index (χ3n) is 1.24. The summed E-state index contributed by atoms with van der Waals surface area (Å²) in [6.45, 7) is 3.32. The van der Waals surface area contributed by atoms with E-state index in [1.807, 2.05) is 4.22 Å². The molecule has 7 heavy (non-hydrogen) atoms. The predicted molar refractivity (Wildman–Crippen MR) is 35.5 cm³/mol. The summed E-state index contributed by atoms with van der Waals surface area (Å²) >= 11 is 4.13. The summed E-state index contributed by atoms with van der Waals surface area (Å²) in [5.74, 6) is 0.748. The molecule has 1 saturated heterocycles. The quantitative estimate of drug-likeness (QED) is 0.362. The average molecular weight is 114 g/mol. The maximum atomic E-state index is 4.13. The van der Waals surface area contributed by atoms with E-state index >= 15 is 0 Å². The topological polar surface area (TPSA) is 3.24 Å². The van der Waals surface area contributed by atoms with Gasteiger partial charge in [0.2, 0.25) is 7.41 Å². The maximum Gasteiger partial charge on any atom is 0.226 e. The van der Waals surface area contributed by atoms with Gasteiger partial charge in [0.25, 0.3) is 0 Å². The maximum absolute atomic E-state index is 4.13. The van der Waals surface area contributed by atoms with Crippen LogP contribution in [0.3, 0.4) is 0 Å². The van der Waals surface area contributed by atoms with Crippen molar-refractivity contribution in [3.63, 3.8) is 0 Å².